The van der Waals surface area contributed by atoms with Crippen LogP contribution in [0.1, 0.15) is 17.3 Å². The molecular weight excluding hydrogens is 276 g/mol. The average molecular weight is 291 g/mol. The van der Waals surface area contributed by atoms with Crippen LogP contribution in [0.2, 0.25) is 5.02 Å². The number of amides is 1. The molecule has 0 heterocycles. The molecule has 0 saturated carbocycles. The molecule has 100 valence electrons. The van der Waals surface area contributed by atoms with E-state index in [2.05, 4.69) is 5.32 Å². The maximum absolute atomic E-state index is 11.8. The molecular formula is C11H15ClN2O3S. The van der Waals surface area contributed by atoms with E-state index in [0.717, 1.165) is 0 Å². The maximum Gasteiger partial charge on any atom is 0.254 e. The summed E-state index contributed by atoms with van der Waals surface area (Å²) in [5.74, 6) is -0.513. The normalized spacial score (nSPS) is 11.2. The van der Waals surface area contributed by atoms with Crippen molar-refractivity contribution in [3.05, 3.63) is 28.8 Å². The molecule has 0 aliphatic carbocycles. The largest absolute Gasteiger partial charge is 0.398 e. The van der Waals surface area contributed by atoms with Gasteiger partial charge in [0.25, 0.3) is 5.91 Å². The van der Waals surface area contributed by atoms with Crippen LogP contribution in [0.5, 0.6) is 0 Å². The summed E-state index contributed by atoms with van der Waals surface area (Å²) >= 11 is 5.86. The average Bonchev–Trinajstić information content (AvgIpc) is 2.28. The molecule has 0 fully saturated rings. The number of halogens is 1. The van der Waals surface area contributed by atoms with Crippen LogP contribution >= 0.6 is 11.6 Å². The van der Waals surface area contributed by atoms with Gasteiger partial charge in [0, 0.05) is 18.0 Å². The maximum atomic E-state index is 11.8. The molecule has 0 spiro atoms. The lowest BCUT2D eigenvalue weighted by Gasteiger charge is -2.08. The molecule has 0 bridgehead atoms. The van der Waals surface area contributed by atoms with Crippen LogP contribution in [0.15, 0.2) is 18.2 Å². The van der Waals surface area contributed by atoms with Crippen LogP contribution in [0.25, 0.3) is 0 Å². The molecule has 1 rings (SSSR count). The highest BCUT2D eigenvalue weighted by Crippen LogP contribution is 2.21. The minimum Gasteiger partial charge on any atom is -0.398 e. The monoisotopic (exact) mass is 290 g/mol. The van der Waals surface area contributed by atoms with Crippen molar-refractivity contribution in [1.29, 1.82) is 0 Å². The molecule has 0 aliphatic heterocycles. The SMILES string of the molecule is CCS(=O)(=O)CCNC(=O)c1c(N)cccc1Cl. The Kier molecular flexibility index (Phi) is 4.98. The zero-order valence-corrected chi connectivity index (χ0v) is 11.5. The van der Waals surface area contributed by atoms with Gasteiger partial charge >= 0.3 is 0 Å². The highest BCUT2D eigenvalue weighted by atomic mass is 35.5. The van der Waals surface area contributed by atoms with Gasteiger partial charge in [0.1, 0.15) is 0 Å². The predicted octanol–water partition coefficient (Wildman–Crippen LogP) is 1.09. The lowest BCUT2D eigenvalue weighted by Crippen LogP contribution is -2.30. The third-order valence-corrected chi connectivity index (χ3v) is 4.43. The molecule has 0 aromatic heterocycles. The van der Waals surface area contributed by atoms with Crippen molar-refractivity contribution in [2.75, 3.05) is 23.8 Å². The summed E-state index contributed by atoms with van der Waals surface area (Å²) < 4.78 is 22.5. The van der Waals surface area contributed by atoms with Crippen LogP contribution in [0.4, 0.5) is 5.69 Å². The zero-order chi connectivity index (χ0) is 13.8. The van der Waals surface area contributed by atoms with Gasteiger partial charge in [0.15, 0.2) is 9.84 Å². The first-order chi connectivity index (χ1) is 8.37. The fourth-order valence-electron chi connectivity index (χ4n) is 1.33. The van der Waals surface area contributed by atoms with Gasteiger partial charge in [-0.3, -0.25) is 4.79 Å². The molecule has 7 heteroatoms. The number of rotatable bonds is 5. The van der Waals surface area contributed by atoms with E-state index in [0.29, 0.717) is 0 Å². The van der Waals surface area contributed by atoms with E-state index in [1.807, 2.05) is 0 Å². The Morgan fingerprint density at radius 2 is 2.11 bits per heavy atom. The van der Waals surface area contributed by atoms with E-state index >= 15 is 0 Å². The molecule has 1 aromatic carbocycles. The minimum atomic E-state index is -3.10. The quantitative estimate of drug-likeness (QED) is 0.794. The molecule has 0 radical (unpaired) electrons. The number of carbonyl (C=O) groups excluding carboxylic acids is 1. The molecule has 1 aromatic rings. The standard InChI is InChI=1S/C11H15ClN2O3S/c1-2-18(16,17)7-6-14-11(15)10-8(12)4-3-5-9(10)13/h3-5H,2,6-7,13H2,1H3,(H,14,15). The van der Waals surface area contributed by atoms with E-state index < -0.39 is 15.7 Å². The summed E-state index contributed by atoms with van der Waals surface area (Å²) in [6, 6.07) is 4.75. The second-order valence-electron chi connectivity index (χ2n) is 3.70. The summed E-state index contributed by atoms with van der Waals surface area (Å²) in [6.45, 7) is 1.60. The lowest BCUT2D eigenvalue weighted by molar-refractivity contribution is 0.0957. The third-order valence-electron chi connectivity index (χ3n) is 2.41. The highest BCUT2D eigenvalue weighted by molar-refractivity contribution is 7.91. The van der Waals surface area contributed by atoms with Crippen molar-refractivity contribution in [3.63, 3.8) is 0 Å². The number of sulfone groups is 1. The van der Waals surface area contributed by atoms with Crippen LogP contribution in [-0.2, 0) is 9.84 Å². The summed E-state index contributed by atoms with van der Waals surface area (Å²) in [7, 11) is -3.10. The number of hydrogen-bond donors (Lipinski definition) is 2. The Morgan fingerprint density at radius 3 is 2.67 bits per heavy atom. The van der Waals surface area contributed by atoms with Crippen molar-refractivity contribution >= 4 is 33.0 Å². The predicted molar refractivity (Wildman–Crippen MR) is 72.5 cm³/mol. The third kappa shape index (κ3) is 3.89. The van der Waals surface area contributed by atoms with E-state index in [-0.39, 0.29) is 34.3 Å². The van der Waals surface area contributed by atoms with Crippen molar-refractivity contribution in [3.8, 4) is 0 Å². The Morgan fingerprint density at radius 1 is 1.44 bits per heavy atom. The Balaban J connectivity index is 2.67. The Bertz CT molecular complexity index is 523. The second kappa shape index (κ2) is 6.06. The zero-order valence-electron chi connectivity index (χ0n) is 9.94. The molecule has 3 N–H and O–H groups in total. The van der Waals surface area contributed by atoms with Gasteiger partial charge in [-0.05, 0) is 12.1 Å². The van der Waals surface area contributed by atoms with Crippen LogP contribution in [0, 0.1) is 0 Å². The molecule has 18 heavy (non-hydrogen) atoms. The van der Waals surface area contributed by atoms with E-state index in [4.69, 9.17) is 17.3 Å². The van der Waals surface area contributed by atoms with Crippen LogP contribution < -0.4 is 11.1 Å². The van der Waals surface area contributed by atoms with Crippen molar-refractivity contribution in [1.82, 2.24) is 5.32 Å². The minimum absolute atomic E-state index is 0.0413. The van der Waals surface area contributed by atoms with E-state index in [1.54, 1.807) is 25.1 Å². The summed E-state index contributed by atoms with van der Waals surface area (Å²) in [6.07, 6.45) is 0. The molecule has 0 atom stereocenters. The first-order valence-corrected chi connectivity index (χ1v) is 7.60. The van der Waals surface area contributed by atoms with Gasteiger partial charge in [-0.15, -0.1) is 0 Å². The summed E-state index contributed by atoms with van der Waals surface area (Å²) in [5, 5.41) is 2.73. The fourth-order valence-corrected chi connectivity index (χ4v) is 2.30. The van der Waals surface area contributed by atoms with Crippen molar-refractivity contribution < 1.29 is 13.2 Å². The van der Waals surface area contributed by atoms with Gasteiger partial charge in [-0.25, -0.2) is 8.42 Å². The summed E-state index contributed by atoms with van der Waals surface area (Å²) in [4.78, 5) is 11.8. The molecule has 1 amide bonds. The number of benzene rings is 1. The van der Waals surface area contributed by atoms with E-state index in [9.17, 15) is 13.2 Å². The molecule has 0 aliphatic rings. The second-order valence-corrected chi connectivity index (χ2v) is 6.58. The summed E-state index contributed by atoms with van der Waals surface area (Å²) in [5.41, 5.74) is 6.08. The van der Waals surface area contributed by atoms with Gasteiger partial charge < -0.3 is 11.1 Å². The smallest absolute Gasteiger partial charge is 0.254 e. The topological polar surface area (TPSA) is 89.3 Å². The number of nitrogen functional groups attached to an aromatic ring is 1. The lowest BCUT2D eigenvalue weighted by atomic mass is 10.1. The van der Waals surface area contributed by atoms with Crippen molar-refractivity contribution in [2.45, 2.75) is 6.92 Å². The Hall–Kier alpha value is -1.27. The van der Waals surface area contributed by atoms with Crippen molar-refractivity contribution in [2.24, 2.45) is 0 Å². The van der Waals surface area contributed by atoms with Crippen LogP contribution in [0.3, 0.4) is 0 Å². The van der Waals surface area contributed by atoms with Gasteiger partial charge in [0.2, 0.25) is 0 Å². The van der Waals surface area contributed by atoms with Gasteiger partial charge in [-0.1, -0.05) is 24.6 Å². The first kappa shape index (κ1) is 14.8. The van der Waals surface area contributed by atoms with Gasteiger partial charge in [-0.2, -0.15) is 0 Å². The number of nitrogens with two attached hydrogens (primary N) is 1. The highest BCUT2D eigenvalue weighted by Gasteiger charge is 2.14. The fraction of sp³-hybridized carbons (Fsp3) is 0.364. The number of anilines is 1. The van der Waals surface area contributed by atoms with Gasteiger partial charge in [0.05, 0.1) is 16.3 Å². The molecule has 5 nitrogen and oxygen atoms in total. The van der Waals surface area contributed by atoms with Crippen LogP contribution in [-0.4, -0.2) is 32.4 Å². The molecule has 0 unspecified atom stereocenters. The van der Waals surface area contributed by atoms with E-state index in [1.165, 1.54) is 0 Å². The number of nitrogens with one attached hydrogen (secondary N) is 1. The Labute approximate surface area is 111 Å². The number of carbonyl (C=O) groups is 1. The first-order valence-electron chi connectivity index (χ1n) is 5.40. The number of hydrogen-bond acceptors (Lipinski definition) is 4. The molecule has 0 saturated heterocycles.